The molecule has 7 nitrogen and oxygen atoms in total. The Morgan fingerprint density at radius 1 is 0.692 bits per heavy atom. The molecule has 13 heteroatoms. The normalized spacial score (nSPS) is 9.38. The molecule has 0 atom stereocenters. The smallest absolute Gasteiger partial charge is 0.844 e. The van der Waals surface area contributed by atoms with E-state index in [1.165, 1.54) is 0 Å². The monoisotopic (exact) mass is 368 g/mol. The van der Waals surface area contributed by atoms with Crippen molar-refractivity contribution in [3.05, 3.63) is 0 Å². The van der Waals surface area contributed by atoms with E-state index in [9.17, 15) is 0 Å². The molecule has 0 aliphatic rings. The maximum Gasteiger partial charge on any atom is 6.00 e. The predicted octanol–water partition coefficient (Wildman–Crippen LogP) is -5.76. The predicted molar refractivity (Wildman–Crippen MR) is 36.7 cm³/mol. The van der Waals surface area contributed by atoms with Crippen molar-refractivity contribution < 1.29 is 54.6 Å². The van der Waals surface area contributed by atoms with E-state index in [1.807, 2.05) is 0 Å². The van der Waals surface area contributed by atoms with Crippen LogP contribution < -0.4 is 29.4 Å². The summed E-state index contributed by atoms with van der Waals surface area (Å²) >= 11 is 9.38. The van der Waals surface area contributed by atoms with E-state index in [0.717, 1.165) is 0 Å². The second kappa shape index (κ2) is 11.8. The van der Waals surface area contributed by atoms with Gasteiger partial charge in [0.05, 0.1) is 0 Å². The minimum atomic E-state index is -4.56. The van der Waals surface area contributed by atoms with Crippen molar-refractivity contribution in [1.82, 2.24) is 0 Å². The summed E-state index contributed by atoms with van der Waals surface area (Å²) in [6.45, 7) is -9.11. The van der Waals surface area contributed by atoms with Gasteiger partial charge in [-0.2, -0.15) is 27.8 Å². The topological polar surface area (TPSA) is 155 Å². The molecule has 0 unspecified atom stereocenters. The molecule has 0 rings (SSSR count). The Labute approximate surface area is 104 Å². The van der Waals surface area contributed by atoms with Crippen molar-refractivity contribution >= 4 is 49.6 Å². The van der Waals surface area contributed by atoms with Gasteiger partial charge in [0.2, 0.25) is 0 Å². The van der Waals surface area contributed by atoms with Crippen molar-refractivity contribution in [2.75, 3.05) is 0 Å². The summed E-state index contributed by atoms with van der Waals surface area (Å²) in [6.07, 6.45) is 0. The van der Waals surface area contributed by atoms with Crippen LogP contribution in [0.4, 0.5) is 0 Å². The third kappa shape index (κ3) is 610. The first-order chi connectivity index (χ1) is 5.00. The Bertz CT molecular complexity index is 146. The van der Waals surface area contributed by atoms with Gasteiger partial charge in [0.15, 0.2) is 12.5 Å². The Kier molecular flexibility index (Phi) is 22.0. The number of hydrogen-bond acceptors (Lipinski definition) is 10. The van der Waals surface area contributed by atoms with Gasteiger partial charge < -0.3 is 42.8 Å². The summed E-state index contributed by atoms with van der Waals surface area (Å²) in [5.41, 5.74) is 0. The molecule has 0 aromatic heterocycles. The van der Waals surface area contributed by atoms with Crippen molar-refractivity contribution in [3.8, 4) is 0 Å². The molecule has 0 aromatic carbocycles. The molecule has 0 bridgehead atoms. The molecule has 0 heterocycles. The van der Waals surface area contributed by atoms with E-state index < -0.39 is 13.4 Å². The van der Waals surface area contributed by atoms with Crippen LogP contribution in [0.15, 0.2) is 0 Å². The molecule has 0 spiro atoms. The summed E-state index contributed by atoms with van der Waals surface area (Å²) in [7, 11) is 0. The molecule has 0 saturated carbocycles. The average molecular weight is 366 g/mol. The molecule has 0 saturated heterocycles. The average Bonchev–Trinajstić information content (AvgIpc) is 1.59. The van der Waals surface area contributed by atoms with Gasteiger partial charge in [-0.15, -0.1) is 0 Å². The van der Waals surface area contributed by atoms with Gasteiger partial charge >= 0.3 is 21.1 Å². The van der Waals surface area contributed by atoms with Crippen LogP contribution in [-0.2, 0) is 57.2 Å². The van der Waals surface area contributed by atoms with Crippen LogP contribution >= 0.6 is 13.4 Å². The molecule has 0 amide bonds. The van der Waals surface area contributed by atoms with Crippen LogP contribution in [0.5, 0.6) is 0 Å². The van der Waals surface area contributed by atoms with Crippen LogP contribution in [0.1, 0.15) is 0 Å². The minimum Gasteiger partial charge on any atom is -0.844 e. The first-order valence-electron chi connectivity index (χ1n) is 1.63. The Morgan fingerprint density at radius 3 is 0.692 bits per heavy atom. The van der Waals surface area contributed by atoms with Gasteiger partial charge in [-0.05, 0) is 0 Å². The minimum absolute atomic E-state index is 0. The van der Waals surface area contributed by atoms with Crippen LogP contribution in [0.25, 0.3) is 0 Å². The van der Waals surface area contributed by atoms with Gasteiger partial charge in [-0.25, -0.2) is 0 Å². The van der Waals surface area contributed by atoms with Crippen molar-refractivity contribution in [3.63, 3.8) is 0 Å². The number of hydrogen-bond donors (Lipinski definition) is 0. The molecular weight excluding hydrogens is 366 g/mol. The molecule has 0 aliphatic heterocycles. The molecule has 13 heavy (non-hydrogen) atoms. The maximum absolute atomic E-state index is 8.92. The fourth-order valence-corrected chi connectivity index (χ4v) is 0. The SMILES string of the molecule is O=S.[Mo+6].[O-]P([O-])([O-])=S.[O-]P([O-])([O-])=S. The van der Waals surface area contributed by atoms with Gasteiger partial charge in [0.1, 0.15) is 0 Å². The largest absolute Gasteiger partial charge is 6.00 e. The Balaban J connectivity index is -0.0000000491. The second-order valence-electron chi connectivity index (χ2n) is 0.894. The Hall–Kier alpha value is 1.77. The molecular formula is MoO7P2S3. The third-order valence-corrected chi connectivity index (χ3v) is 0. The van der Waals surface area contributed by atoms with Crippen LogP contribution in [0.2, 0.25) is 0 Å². The Morgan fingerprint density at radius 2 is 0.692 bits per heavy atom. The zero-order chi connectivity index (χ0) is 11.0. The summed E-state index contributed by atoms with van der Waals surface area (Å²) in [5, 5.41) is 0. The summed E-state index contributed by atoms with van der Waals surface area (Å²) in [6, 6.07) is 0. The third-order valence-electron chi connectivity index (χ3n) is 0. The van der Waals surface area contributed by atoms with Crippen LogP contribution in [0, 0.1) is 0 Å². The zero-order valence-corrected chi connectivity index (χ0v) is 11.6. The molecule has 0 aliphatic carbocycles. The van der Waals surface area contributed by atoms with Crippen molar-refractivity contribution in [1.29, 1.82) is 0 Å². The first kappa shape index (κ1) is 24.1. The summed E-state index contributed by atoms with van der Waals surface area (Å²) in [5.74, 6) is 0. The fourth-order valence-electron chi connectivity index (χ4n) is 0. The molecule has 0 radical (unpaired) electrons. The van der Waals surface area contributed by atoms with Crippen LogP contribution in [-0.4, -0.2) is 4.21 Å². The van der Waals surface area contributed by atoms with E-state index >= 15 is 0 Å². The van der Waals surface area contributed by atoms with Gasteiger partial charge in [0, 0.05) is 0 Å². The quantitative estimate of drug-likeness (QED) is 0.299. The summed E-state index contributed by atoms with van der Waals surface area (Å²) in [4.78, 5) is 53.5. The van der Waals surface area contributed by atoms with Gasteiger partial charge in [0.25, 0.3) is 0 Å². The van der Waals surface area contributed by atoms with Crippen molar-refractivity contribution in [2.24, 2.45) is 0 Å². The van der Waals surface area contributed by atoms with Gasteiger partial charge in [-0.1, -0.05) is 0 Å². The van der Waals surface area contributed by atoms with E-state index in [1.54, 1.807) is 0 Å². The van der Waals surface area contributed by atoms with E-state index in [4.69, 9.17) is 33.6 Å². The molecule has 76 valence electrons. The molecule has 0 fully saturated rings. The maximum atomic E-state index is 8.92. The first-order valence-corrected chi connectivity index (χ1v) is 7.07. The van der Waals surface area contributed by atoms with Gasteiger partial charge in [-0.3, -0.25) is 0 Å². The molecule has 0 N–H and O–H groups in total. The second-order valence-corrected chi connectivity index (χ2v) is 5.37. The standard InChI is InChI=1S/Mo.2H3O3PS.OS/c;2*1-4(2,3)5;1-2/h;2*(H3,1,2,3,5);/q+6;;;/p-6. The zero-order valence-electron chi connectivity index (χ0n) is 5.39. The van der Waals surface area contributed by atoms with Crippen LogP contribution in [0.3, 0.4) is 0 Å². The fraction of sp³-hybridized carbons (Fsp3) is 0. The van der Waals surface area contributed by atoms with E-state index in [-0.39, 0.29) is 21.1 Å². The number of rotatable bonds is 0. The van der Waals surface area contributed by atoms with Crippen molar-refractivity contribution in [2.45, 2.75) is 0 Å². The molecule has 0 aromatic rings. The van der Waals surface area contributed by atoms with E-state index in [0.29, 0.717) is 0 Å². The van der Waals surface area contributed by atoms with E-state index in [2.05, 4.69) is 36.1 Å². The summed E-state index contributed by atoms with van der Waals surface area (Å²) < 4.78 is 7.83.